The molecule has 0 saturated carbocycles. The number of unbranched alkanes of at least 4 members (excludes halogenated alkanes) is 2. The van der Waals surface area contributed by atoms with Gasteiger partial charge in [0.1, 0.15) is 0 Å². The van der Waals surface area contributed by atoms with E-state index in [0.29, 0.717) is 18.2 Å². The third kappa shape index (κ3) is 4.26. The lowest BCUT2D eigenvalue weighted by Crippen LogP contribution is -2.47. The summed E-state index contributed by atoms with van der Waals surface area (Å²) >= 11 is 0. The van der Waals surface area contributed by atoms with Crippen LogP contribution in [0.5, 0.6) is 0 Å². The first kappa shape index (κ1) is 16.0. The third-order valence-electron chi connectivity index (χ3n) is 3.72. The molecule has 2 fully saturated rings. The van der Waals surface area contributed by atoms with Gasteiger partial charge in [0.15, 0.2) is 5.96 Å². The Labute approximate surface area is 127 Å². The van der Waals surface area contributed by atoms with E-state index in [2.05, 4.69) is 22.5 Å². The van der Waals surface area contributed by atoms with Gasteiger partial charge in [-0.3, -0.25) is 4.99 Å². The van der Waals surface area contributed by atoms with Gasteiger partial charge in [0.05, 0.1) is 18.2 Å². The molecule has 106 valence electrons. The molecule has 5 heteroatoms. The van der Waals surface area contributed by atoms with Crippen LogP contribution in [-0.2, 0) is 4.74 Å². The predicted octanol–water partition coefficient (Wildman–Crippen LogP) is 2.28. The molecule has 2 rings (SSSR count). The molecule has 18 heavy (non-hydrogen) atoms. The van der Waals surface area contributed by atoms with Crippen molar-refractivity contribution in [2.24, 2.45) is 4.99 Å². The first-order valence-corrected chi connectivity index (χ1v) is 6.96. The van der Waals surface area contributed by atoms with Crippen molar-refractivity contribution in [1.29, 1.82) is 0 Å². The molecular weight excluding hydrogens is 341 g/mol. The largest absolute Gasteiger partial charge is 0.373 e. The molecular formula is C13H26IN3O. The second kappa shape index (κ2) is 8.19. The van der Waals surface area contributed by atoms with Crippen LogP contribution >= 0.6 is 24.0 Å². The van der Waals surface area contributed by atoms with Gasteiger partial charge in [-0.25, -0.2) is 0 Å². The highest BCUT2D eigenvalue weighted by molar-refractivity contribution is 14.0. The molecule has 2 bridgehead atoms. The molecule has 2 aliphatic heterocycles. The van der Waals surface area contributed by atoms with Crippen molar-refractivity contribution in [1.82, 2.24) is 10.6 Å². The number of nitrogens with zero attached hydrogens (tertiary/aromatic N) is 1. The van der Waals surface area contributed by atoms with Crippen molar-refractivity contribution < 1.29 is 4.74 Å². The van der Waals surface area contributed by atoms with Crippen LogP contribution in [0, 0.1) is 0 Å². The Morgan fingerprint density at radius 3 is 2.72 bits per heavy atom. The van der Waals surface area contributed by atoms with E-state index in [4.69, 9.17) is 4.74 Å². The van der Waals surface area contributed by atoms with Gasteiger partial charge >= 0.3 is 0 Å². The van der Waals surface area contributed by atoms with Gasteiger partial charge in [0, 0.05) is 13.6 Å². The number of nitrogens with one attached hydrogen (secondary N) is 2. The van der Waals surface area contributed by atoms with Crippen molar-refractivity contribution in [2.45, 2.75) is 63.7 Å². The average molecular weight is 367 g/mol. The second-order valence-electron chi connectivity index (χ2n) is 5.07. The Bertz CT molecular complexity index is 273. The van der Waals surface area contributed by atoms with Crippen molar-refractivity contribution in [2.75, 3.05) is 13.6 Å². The second-order valence-corrected chi connectivity index (χ2v) is 5.07. The Morgan fingerprint density at radius 1 is 1.33 bits per heavy atom. The Morgan fingerprint density at radius 2 is 2.17 bits per heavy atom. The number of rotatable bonds is 5. The van der Waals surface area contributed by atoms with Crippen LogP contribution in [0.25, 0.3) is 0 Å². The molecule has 4 nitrogen and oxygen atoms in total. The van der Waals surface area contributed by atoms with Crippen LogP contribution in [0.4, 0.5) is 0 Å². The molecule has 0 aromatic carbocycles. The molecule has 0 aromatic heterocycles. The van der Waals surface area contributed by atoms with Gasteiger partial charge in [-0.2, -0.15) is 0 Å². The number of fused-ring (bicyclic) bond motifs is 2. The van der Waals surface area contributed by atoms with Crippen molar-refractivity contribution in [3.05, 3.63) is 0 Å². The highest BCUT2D eigenvalue weighted by Crippen LogP contribution is 2.34. The molecule has 2 saturated heterocycles. The fourth-order valence-corrected chi connectivity index (χ4v) is 2.74. The zero-order chi connectivity index (χ0) is 12.1. The lowest BCUT2D eigenvalue weighted by atomic mass is 9.96. The number of guanidine groups is 1. The Kier molecular flexibility index (Phi) is 7.29. The van der Waals surface area contributed by atoms with E-state index in [-0.39, 0.29) is 24.0 Å². The lowest BCUT2D eigenvalue weighted by Gasteiger charge is -2.22. The number of aliphatic imine (C=N–C) groups is 1. The molecule has 0 aliphatic carbocycles. The SMILES string of the molecule is CCCCCNC(=NC)NC1CC2CCC1O2.I. The van der Waals surface area contributed by atoms with E-state index >= 15 is 0 Å². The molecule has 3 unspecified atom stereocenters. The van der Waals surface area contributed by atoms with Crippen LogP contribution in [0.2, 0.25) is 0 Å². The van der Waals surface area contributed by atoms with Gasteiger partial charge in [0.2, 0.25) is 0 Å². The van der Waals surface area contributed by atoms with Crippen LogP contribution in [0.15, 0.2) is 4.99 Å². The molecule has 0 spiro atoms. The molecule has 2 N–H and O–H groups in total. The van der Waals surface area contributed by atoms with Crippen LogP contribution in [-0.4, -0.2) is 37.8 Å². The Hall–Kier alpha value is -0.0400. The zero-order valence-electron chi connectivity index (χ0n) is 11.4. The minimum atomic E-state index is 0. The molecule has 2 heterocycles. The van der Waals surface area contributed by atoms with E-state index in [1.54, 1.807) is 0 Å². The van der Waals surface area contributed by atoms with Gasteiger partial charge in [-0.15, -0.1) is 24.0 Å². The quantitative estimate of drug-likeness (QED) is 0.339. The predicted molar refractivity (Wildman–Crippen MR) is 85.7 cm³/mol. The van der Waals surface area contributed by atoms with Gasteiger partial charge < -0.3 is 15.4 Å². The van der Waals surface area contributed by atoms with E-state index in [1.165, 1.54) is 32.1 Å². The van der Waals surface area contributed by atoms with E-state index in [0.717, 1.165) is 18.9 Å². The van der Waals surface area contributed by atoms with Crippen LogP contribution in [0.1, 0.15) is 45.4 Å². The maximum Gasteiger partial charge on any atom is 0.191 e. The van der Waals surface area contributed by atoms with Gasteiger partial charge in [-0.05, 0) is 25.7 Å². The van der Waals surface area contributed by atoms with Crippen molar-refractivity contribution >= 4 is 29.9 Å². The molecule has 3 atom stereocenters. The van der Waals surface area contributed by atoms with Crippen LogP contribution in [0.3, 0.4) is 0 Å². The standard InChI is InChI=1S/C13H25N3O.HI/c1-3-4-5-8-15-13(14-2)16-11-9-10-6-7-12(11)17-10;/h10-12H,3-9H2,1-2H3,(H2,14,15,16);1H. The number of hydrogen-bond donors (Lipinski definition) is 2. The Balaban J connectivity index is 0.00000162. The van der Waals surface area contributed by atoms with Crippen molar-refractivity contribution in [3.8, 4) is 0 Å². The molecule has 0 amide bonds. The van der Waals surface area contributed by atoms with Gasteiger partial charge in [-0.1, -0.05) is 19.8 Å². The maximum atomic E-state index is 5.83. The summed E-state index contributed by atoms with van der Waals surface area (Å²) in [5.41, 5.74) is 0. The topological polar surface area (TPSA) is 45.7 Å². The minimum Gasteiger partial charge on any atom is -0.373 e. The monoisotopic (exact) mass is 367 g/mol. The first-order chi connectivity index (χ1) is 8.33. The van der Waals surface area contributed by atoms with E-state index in [1.807, 2.05) is 7.05 Å². The minimum absolute atomic E-state index is 0. The first-order valence-electron chi connectivity index (χ1n) is 6.96. The zero-order valence-corrected chi connectivity index (χ0v) is 13.8. The smallest absolute Gasteiger partial charge is 0.191 e. The highest BCUT2D eigenvalue weighted by Gasteiger charge is 2.40. The van der Waals surface area contributed by atoms with Gasteiger partial charge in [0.25, 0.3) is 0 Å². The maximum absolute atomic E-state index is 5.83. The summed E-state index contributed by atoms with van der Waals surface area (Å²) in [6.45, 7) is 3.23. The third-order valence-corrected chi connectivity index (χ3v) is 3.72. The number of ether oxygens (including phenoxy) is 1. The summed E-state index contributed by atoms with van der Waals surface area (Å²) in [6.07, 6.45) is 8.24. The summed E-state index contributed by atoms with van der Waals surface area (Å²) in [6, 6.07) is 0.464. The summed E-state index contributed by atoms with van der Waals surface area (Å²) < 4.78 is 5.83. The van der Waals surface area contributed by atoms with Crippen molar-refractivity contribution in [3.63, 3.8) is 0 Å². The molecule has 2 aliphatic rings. The normalized spacial score (nSPS) is 30.1. The summed E-state index contributed by atoms with van der Waals surface area (Å²) in [5, 5.41) is 6.86. The highest BCUT2D eigenvalue weighted by atomic mass is 127. The number of halogens is 1. The summed E-state index contributed by atoms with van der Waals surface area (Å²) in [5.74, 6) is 0.933. The van der Waals surface area contributed by atoms with E-state index < -0.39 is 0 Å². The molecule has 0 radical (unpaired) electrons. The average Bonchev–Trinajstić information content (AvgIpc) is 2.95. The fraction of sp³-hybridized carbons (Fsp3) is 0.923. The fourth-order valence-electron chi connectivity index (χ4n) is 2.74. The van der Waals surface area contributed by atoms with E-state index in [9.17, 15) is 0 Å². The number of hydrogen-bond acceptors (Lipinski definition) is 2. The lowest BCUT2D eigenvalue weighted by molar-refractivity contribution is 0.0992. The summed E-state index contributed by atoms with van der Waals surface area (Å²) in [7, 11) is 1.84. The summed E-state index contributed by atoms with van der Waals surface area (Å²) in [4.78, 5) is 4.27. The molecule has 0 aromatic rings. The van der Waals surface area contributed by atoms with Crippen LogP contribution < -0.4 is 10.6 Å².